The topological polar surface area (TPSA) is 32.3 Å². The SMILES string of the molecule is CC1CNCCN1C(=O)c1cc(Cl)sc1Cl.Cl. The van der Waals surface area contributed by atoms with Crippen molar-refractivity contribution in [1.82, 2.24) is 10.2 Å². The summed E-state index contributed by atoms with van der Waals surface area (Å²) >= 11 is 13.0. The van der Waals surface area contributed by atoms with Crippen molar-refractivity contribution in [2.75, 3.05) is 19.6 Å². The van der Waals surface area contributed by atoms with E-state index in [0.29, 0.717) is 20.8 Å². The van der Waals surface area contributed by atoms with Crippen molar-refractivity contribution in [2.24, 2.45) is 0 Å². The number of halogens is 3. The lowest BCUT2D eigenvalue weighted by molar-refractivity contribution is 0.0656. The van der Waals surface area contributed by atoms with Crippen LogP contribution in [0.2, 0.25) is 8.67 Å². The van der Waals surface area contributed by atoms with E-state index in [1.54, 1.807) is 6.07 Å². The summed E-state index contributed by atoms with van der Waals surface area (Å²) < 4.78 is 1.02. The Morgan fingerprint density at radius 1 is 1.59 bits per heavy atom. The molecule has 96 valence electrons. The monoisotopic (exact) mass is 314 g/mol. The fourth-order valence-electron chi connectivity index (χ4n) is 1.78. The molecule has 0 saturated carbocycles. The maximum absolute atomic E-state index is 12.2. The van der Waals surface area contributed by atoms with E-state index >= 15 is 0 Å². The first-order valence-corrected chi connectivity index (χ1v) is 6.63. The molecule has 1 atom stereocenters. The van der Waals surface area contributed by atoms with Gasteiger partial charge in [-0.2, -0.15) is 0 Å². The van der Waals surface area contributed by atoms with E-state index in [9.17, 15) is 4.79 Å². The fourth-order valence-corrected chi connectivity index (χ4v) is 3.23. The molecule has 2 heterocycles. The number of carbonyl (C=O) groups is 1. The van der Waals surface area contributed by atoms with E-state index in [1.165, 1.54) is 11.3 Å². The van der Waals surface area contributed by atoms with Crippen LogP contribution in [0.1, 0.15) is 17.3 Å². The van der Waals surface area contributed by atoms with Gasteiger partial charge in [0.1, 0.15) is 4.34 Å². The minimum Gasteiger partial charge on any atom is -0.333 e. The van der Waals surface area contributed by atoms with Gasteiger partial charge in [0.25, 0.3) is 5.91 Å². The van der Waals surface area contributed by atoms with E-state index in [0.717, 1.165) is 13.1 Å². The Morgan fingerprint density at radius 2 is 2.29 bits per heavy atom. The van der Waals surface area contributed by atoms with Crippen molar-refractivity contribution in [3.63, 3.8) is 0 Å². The number of carbonyl (C=O) groups excluding carboxylic acids is 1. The zero-order chi connectivity index (χ0) is 11.7. The molecule has 1 amide bonds. The molecule has 1 aromatic rings. The van der Waals surface area contributed by atoms with Crippen molar-refractivity contribution in [2.45, 2.75) is 13.0 Å². The summed E-state index contributed by atoms with van der Waals surface area (Å²) in [5.41, 5.74) is 0.519. The van der Waals surface area contributed by atoms with Gasteiger partial charge in [-0.25, -0.2) is 0 Å². The van der Waals surface area contributed by atoms with Crippen LogP contribution in [-0.2, 0) is 0 Å². The smallest absolute Gasteiger partial charge is 0.256 e. The Hall–Kier alpha value is -0.000000000000000222. The molecular formula is C10H13Cl3N2OS. The second-order valence-electron chi connectivity index (χ2n) is 3.79. The Labute approximate surface area is 120 Å². The van der Waals surface area contributed by atoms with Gasteiger partial charge in [0, 0.05) is 25.7 Å². The van der Waals surface area contributed by atoms with Crippen molar-refractivity contribution in [1.29, 1.82) is 0 Å². The van der Waals surface area contributed by atoms with Crippen LogP contribution in [0.3, 0.4) is 0 Å². The molecule has 1 fully saturated rings. The molecule has 0 spiro atoms. The molecule has 1 unspecified atom stereocenters. The van der Waals surface area contributed by atoms with Crippen LogP contribution >= 0.6 is 46.9 Å². The minimum absolute atomic E-state index is 0. The van der Waals surface area contributed by atoms with Gasteiger partial charge in [0.15, 0.2) is 0 Å². The average molecular weight is 316 g/mol. The number of nitrogens with zero attached hydrogens (tertiary/aromatic N) is 1. The second-order valence-corrected chi connectivity index (χ2v) is 6.08. The van der Waals surface area contributed by atoms with Gasteiger partial charge < -0.3 is 10.2 Å². The summed E-state index contributed by atoms with van der Waals surface area (Å²) in [4.78, 5) is 14.0. The maximum Gasteiger partial charge on any atom is 0.256 e. The molecule has 7 heteroatoms. The number of piperazine rings is 1. The van der Waals surface area contributed by atoms with Gasteiger partial charge in [0.2, 0.25) is 0 Å². The van der Waals surface area contributed by atoms with Crippen LogP contribution in [0.5, 0.6) is 0 Å². The van der Waals surface area contributed by atoms with Crippen molar-refractivity contribution < 1.29 is 4.79 Å². The second kappa shape index (κ2) is 6.25. The van der Waals surface area contributed by atoms with Crippen molar-refractivity contribution in [3.05, 3.63) is 20.3 Å². The lowest BCUT2D eigenvalue weighted by Gasteiger charge is -2.33. The Morgan fingerprint density at radius 3 is 2.82 bits per heavy atom. The summed E-state index contributed by atoms with van der Waals surface area (Å²) in [6, 6.07) is 1.84. The highest BCUT2D eigenvalue weighted by Gasteiger charge is 2.26. The quantitative estimate of drug-likeness (QED) is 0.864. The van der Waals surface area contributed by atoms with Crippen LogP contribution in [0.4, 0.5) is 0 Å². The highest BCUT2D eigenvalue weighted by Crippen LogP contribution is 2.32. The standard InChI is InChI=1S/C10H12Cl2N2OS.ClH/c1-6-5-13-2-3-14(6)10(15)7-4-8(11)16-9(7)12;/h4,6,13H,2-3,5H2,1H3;1H. The number of nitrogens with one attached hydrogen (secondary N) is 1. The summed E-state index contributed by atoms with van der Waals surface area (Å²) in [5, 5.41) is 3.24. The number of hydrogen-bond acceptors (Lipinski definition) is 3. The fraction of sp³-hybridized carbons (Fsp3) is 0.500. The lowest BCUT2D eigenvalue weighted by atomic mass is 10.2. The number of rotatable bonds is 1. The Balaban J connectivity index is 0.00000144. The van der Waals surface area contributed by atoms with Gasteiger partial charge in [0.05, 0.1) is 9.90 Å². The van der Waals surface area contributed by atoms with Gasteiger partial charge >= 0.3 is 0 Å². The first kappa shape index (κ1) is 15.1. The molecule has 2 rings (SSSR count). The van der Waals surface area contributed by atoms with Crippen molar-refractivity contribution in [3.8, 4) is 0 Å². The van der Waals surface area contributed by atoms with Crippen LogP contribution in [-0.4, -0.2) is 36.5 Å². The molecule has 1 aromatic heterocycles. The van der Waals surface area contributed by atoms with E-state index in [4.69, 9.17) is 23.2 Å². The predicted octanol–water partition coefficient (Wildman–Crippen LogP) is 2.91. The molecule has 17 heavy (non-hydrogen) atoms. The zero-order valence-electron chi connectivity index (χ0n) is 9.20. The first-order chi connectivity index (χ1) is 7.59. The van der Waals surface area contributed by atoms with E-state index in [-0.39, 0.29) is 24.4 Å². The summed E-state index contributed by atoms with van der Waals surface area (Å²) in [6.07, 6.45) is 0. The maximum atomic E-state index is 12.2. The van der Waals surface area contributed by atoms with Gasteiger partial charge in [-0.05, 0) is 13.0 Å². The van der Waals surface area contributed by atoms with Gasteiger partial charge in [-0.3, -0.25) is 4.79 Å². The third kappa shape index (κ3) is 3.26. The molecule has 1 aliphatic heterocycles. The van der Waals surface area contributed by atoms with Crippen LogP contribution in [0, 0.1) is 0 Å². The minimum atomic E-state index is -0.0258. The summed E-state index contributed by atoms with van der Waals surface area (Å²) in [5.74, 6) is -0.0258. The van der Waals surface area contributed by atoms with Gasteiger partial charge in [-0.15, -0.1) is 23.7 Å². The summed E-state index contributed by atoms with van der Waals surface area (Å²) in [6.45, 7) is 4.38. The largest absolute Gasteiger partial charge is 0.333 e. The normalized spacial score (nSPS) is 19.9. The van der Waals surface area contributed by atoms with Crippen LogP contribution < -0.4 is 5.32 Å². The molecule has 0 radical (unpaired) electrons. The first-order valence-electron chi connectivity index (χ1n) is 5.06. The Bertz CT molecular complexity index is 410. The molecule has 0 aliphatic carbocycles. The molecule has 0 aromatic carbocycles. The summed E-state index contributed by atoms with van der Waals surface area (Å²) in [7, 11) is 0. The lowest BCUT2D eigenvalue weighted by Crippen LogP contribution is -2.52. The highest BCUT2D eigenvalue weighted by atomic mass is 35.5. The molecule has 1 N–H and O–H groups in total. The predicted molar refractivity (Wildman–Crippen MR) is 75.0 cm³/mol. The molecule has 1 aliphatic rings. The third-order valence-corrected chi connectivity index (χ3v) is 4.14. The van der Waals surface area contributed by atoms with Gasteiger partial charge in [-0.1, -0.05) is 23.2 Å². The average Bonchev–Trinajstić information content (AvgIpc) is 2.58. The van der Waals surface area contributed by atoms with E-state index in [1.807, 2.05) is 11.8 Å². The molecule has 1 saturated heterocycles. The number of amides is 1. The molecular weight excluding hydrogens is 303 g/mol. The Kier molecular flexibility index (Phi) is 5.54. The van der Waals surface area contributed by atoms with E-state index < -0.39 is 0 Å². The number of thiophene rings is 1. The van der Waals surface area contributed by atoms with E-state index in [2.05, 4.69) is 5.32 Å². The number of hydrogen-bond donors (Lipinski definition) is 1. The third-order valence-electron chi connectivity index (χ3n) is 2.65. The highest BCUT2D eigenvalue weighted by molar-refractivity contribution is 7.20. The molecule has 0 bridgehead atoms. The van der Waals surface area contributed by atoms with Crippen molar-refractivity contribution >= 4 is 52.9 Å². The van der Waals surface area contributed by atoms with Crippen LogP contribution in [0.25, 0.3) is 0 Å². The molecule has 3 nitrogen and oxygen atoms in total. The van der Waals surface area contributed by atoms with Crippen LogP contribution in [0.15, 0.2) is 6.07 Å². The zero-order valence-corrected chi connectivity index (χ0v) is 12.3.